The summed E-state index contributed by atoms with van der Waals surface area (Å²) in [5, 5.41) is 2.81. The van der Waals surface area contributed by atoms with Gasteiger partial charge in [0.15, 0.2) is 0 Å². The standard InChI is InChI=1S/C15H17N5O2/c1-10-16-5-6-20(10)13-4-3-12(8-17-13)18-15(22)11-7-14(21)19(2)9-11/h3-6,8,11H,7,9H2,1-2H3,(H,18,22)/t11-/m0/s1. The van der Waals surface area contributed by atoms with Crippen molar-refractivity contribution in [3.63, 3.8) is 0 Å². The summed E-state index contributed by atoms with van der Waals surface area (Å²) < 4.78 is 1.86. The highest BCUT2D eigenvalue weighted by atomic mass is 16.2. The number of amides is 2. The molecule has 3 rings (SSSR count). The van der Waals surface area contributed by atoms with Crippen LogP contribution in [-0.4, -0.2) is 44.8 Å². The second-order valence-corrected chi connectivity index (χ2v) is 5.41. The predicted octanol–water partition coefficient (Wildman–Crippen LogP) is 0.993. The first-order valence-electron chi connectivity index (χ1n) is 7.06. The van der Waals surface area contributed by atoms with Crippen LogP contribution in [0.4, 0.5) is 5.69 Å². The Labute approximate surface area is 128 Å². The number of aromatic nitrogens is 3. The van der Waals surface area contributed by atoms with Crippen LogP contribution < -0.4 is 5.32 Å². The number of carbonyl (C=O) groups is 2. The van der Waals surface area contributed by atoms with Crippen LogP contribution in [0, 0.1) is 12.8 Å². The fourth-order valence-corrected chi connectivity index (χ4v) is 2.51. The smallest absolute Gasteiger partial charge is 0.229 e. The SMILES string of the molecule is Cc1nccn1-c1ccc(NC(=O)[C@H]2CC(=O)N(C)C2)cn1. The molecular formula is C15H17N5O2. The van der Waals surface area contributed by atoms with Crippen molar-refractivity contribution in [2.45, 2.75) is 13.3 Å². The van der Waals surface area contributed by atoms with Crippen molar-refractivity contribution in [1.29, 1.82) is 0 Å². The Bertz CT molecular complexity index is 707. The van der Waals surface area contributed by atoms with Gasteiger partial charge in [-0.25, -0.2) is 9.97 Å². The number of carbonyl (C=O) groups excluding carboxylic acids is 2. The van der Waals surface area contributed by atoms with Crippen LogP contribution in [0.2, 0.25) is 0 Å². The van der Waals surface area contributed by atoms with E-state index >= 15 is 0 Å². The van der Waals surface area contributed by atoms with E-state index in [0.29, 0.717) is 12.2 Å². The zero-order valence-electron chi connectivity index (χ0n) is 12.5. The topological polar surface area (TPSA) is 80.1 Å². The van der Waals surface area contributed by atoms with Crippen LogP contribution in [0.5, 0.6) is 0 Å². The van der Waals surface area contributed by atoms with E-state index in [9.17, 15) is 9.59 Å². The maximum atomic E-state index is 12.1. The molecule has 1 fully saturated rings. The third-order valence-electron chi connectivity index (χ3n) is 3.80. The number of hydrogen-bond acceptors (Lipinski definition) is 4. The van der Waals surface area contributed by atoms with Gasteiger partial charge in [-0.2, -0.15) is 0 Å². The minimum Gasteiger partial charge on any atom is -0.345 e. The van der Waals surface area contributed by atoms with Crippen molar-refractivity contribution in [2.24, 2.45) is 5.92 Å². The molecule has 1 aliphatic rings. The number of anilines is 1. The van der Waals surface area contributed by atoms with Crippen LogP contribution in [0.3, 0.4) is 0 Å². The van der Waals surface area contributed by atoms with E-state index in [4.69, 9.17) is 0 Å². The average Bonchev–Trinajstić information content (AvgIpc) is 3.07. The molecule has 3 heterocycles. The Morgan fingerprint density at radius 3 is 2.73 bits per heavy atom. The van der Waals surface area contributed by atoms with Crippen molar-refractivity contribution >= 4 is 17.5 Å². The van der Waals surface area contributed by atoms with Crippen molar-refractivity contribution < 1.29 is 9.59 Å². The first-order chi connectivity index (χ1) is 10.5. The van der Waals surface area contributed by atoms with Gasteiger partial charge in [0, 0.05) is 32.4 Å². The Morgan fingerprint density at radius 1 is 1.36 bits per heavy atom. The lowest BCUT2D eigenvalue weighted by molar-refractivity contribution is -0.127. The molecule has 2 aromatic rings. The molecule has 2 amide bonds. The summed E-state index contributed by atoms with van der Waals surface area (Å²) in [4.78, 5) is 33.7. The van der Waals surface area contributed by atoms with Crippen LogP contribution in [0.1, 0.15) is 12.2 Å². The number of pyridine rings is 1. The van der Waals surface area contributed by atoms with Gasteiger partial charge in [-0.3, -0.25) is 14.2 Å². The molecule has 1 aliphatic heterocycles. The van der Waals surface area contributed by atoms with Gasteiger partial charge in [-0.1, -0.05) is 0 Å². The third kappa shape index (κ3) is 2.69. The van der Waals surface area contributed by atoms with E-state index in [1.807, 2.05) is 23.8 Å². The Kier molecular flexibility index (Phi) is 3.62. The highest BCUT2D eigenvalue weighted by Crippen LogP contribution is 2.18. The van der Waals surface area contributed by atoms with E-state index in [2.05, 4.69) is 15.3 Å². The van der Waals surface area contributed by atoms with Gasteiger partial charge >= 0.3 is 0 Å². The van der Waals surface area contributed by atoms with Crippen molar-refractivity contribution in [3.8, 4) is 5.82 Å². The van der Waals surface area contributed by atoms with Crippen molar-refractivity contribution in [3.05, 3.63) is 36.5 Å². The summed E-state index contributed by atoms with van der Waals surface area (Å²) in [5.41, 5.74) is 0.619. The molecule has 7 heteroatoms. The van der Waals surface area contributed by atoms with Gasteiger partial charge in [-0.05, 0) is 19.1 Å². The van der Waals surface area contributed by atoms with Crippen molar-refractivity contribution in [1.82, 2.24) is 19.4 Å². The molecule has 0 aromatic carbocycles. The molecule has 114 valence electrons. The van der Waals surface area contributed by atoms with Crippen LogP contribution in [-0.2, 0) is 9.59 Å². The zero-order chi connectivity index (χ0) is 15.7. The number of nitrogens with zero attached hydrogens (tertiary/aromatic N) is 4. The molecule has 1 saturated heterocycles. The summed E-state index contributed by atoms with van der Waals surface area (Å²) in [6.45, 7) is 2.36. The minimum atomic E-state index is -0.298. The summed E-state index contributed by atoms with van der Waals surface area (Å²) in [5.74, 6) is 1.14. The Hall–Kier alpha value is -2.70. The first-order valence-corrected chi connectivity index (χ1v) is 7.06. The zero-order valence-corrected chi connectivity index (χ0v) is 12.5. The lowest BCUT2D eigenvalue weighted by Gasteiger charge is -2.11. The number of imidazole rings is 1. The highest BCUT2D eigenvalue weighted by molar-refractivity contribution is 5.97. The van der Waals surface area contributed by atoms with E-state index in [0.717, 1.165) is 11.6 Å². The van der Waals surface area contributed by atoms with E-state index in [1.54, 1.807) is 30.4 Å². The molecule has 22 heavy (non-hydrogen) atoms. The molecular weight excluding hydrogens is 282 g/mol. The number of nitrogens with one attached hydrogen (secondary N) is 1. The first kappa shape index (κ1) is 14.2. The molecule has 2 aromatic heterocycles. The number of likely N-dealkylation sites (tertiary alicyclic amines) is 1. The molecule has 0 bridgehead atoms. The lowest BCUT2D eigenvalue weighted by atomic mass is 10.1. The lowest BCUT2D eigenvalue weighted by Crippen LogP contribution is -2.25. The molecule has 1 atom stereocenters. The average molecular weight is 299 g/mol. The van der Waals surface area contributed by atoms with E-state index in [1.165, 1.54) is 0 Å². The Balaban J connectivity index is 1.68. The van der Waals surface area contributed by atoms with Gasteiger partial charge in [0.2, 0.25) is 11.8 Å². The maximum Gasteiger partial charge on any atom is 0.229 e. The number of rotatable bonds is 3. The monoisotopic (exact) mass is 299 g/mol. The van der Waals surface area contributed by atoms with Gasteiger partial charge < -0.3 is 10.2 Å². The van der Waals surface area contributed by atoms with E-state index in [-0.39, 0.29) is 24.2 Å². The second-order valence-electron chi connectivity index (χ2n) is 5.41. The van der Waals surface area contributed by atoms with Crippen LogP contribution in [0.15, 0.2) is 30.7 Å². The van der Waals surface area contributed by atoms with Crippen molar-refractivity contribution in [2.75, 3.05) is 18.9 Å². The van der Waals surface area contributed by atoms with Gasteiger partial charge in [0.1, 0.15) is 11.6 Å². The summed E-state index contributed by atoms with van der Waals surface area (Å²) in [7, 11) is 1.71. The third-order valence-corrected chi connectivity index (χ3v) is 3.80. The molecule has 1 N–H and O–H groups in total. The quantitative estimate of drug-likeness (QED) is 0.916. The normalized spacial score (nSPS) is 17.8. The summed E-state index contributed by atoms with van der Waals surface area (Å²) in [6.07, 6.45) is 5.41. The van der Waals surface area contributed by atoms with Gasteiger partial charge in [0.05, 0.1) is 17.8 Å². The molecule has 7 nitrogen and oxygen atoms in total. The fourth-order valence-electron chi connectivity index (χ4n) is 2.51. The van der Waals surface area contributed by atoms with E-state index < -0.39 is 0 Å². The van der Waals surface area contributed by atoms with Crippen LogP contribution >= 0.6 is 0 Å². The molecule has 0 radical (unpaired) electrons. The molecule has 0 unspecified atom stereocenters. The second kappa shape index (κ2) is 5.59. The largest absolute Gasteiger partial charge is 0.345 e. The van der Waals surface area contributed by atoms with Crippen LogP contribution in [0.25, 0.3) is 5.82 Å². The minimum absolute atomic E-state index is 0.00389. The molecule has 0 saturated carbocycles. The summed E-state index contributed by atoms with van der Waals surface area (Å²) in [6, 6.07) is 3.61. The molecule has 0 aliphatic carbocycles. The van der Waals surface area contributed by atoms with Gasteiger partial charge in [-0.15, -0.1) is 0 Å². The van der Waals surface area contributed by atoms with Gasteiger partial charge in [0.25, 0.3) is 0 Å². The number of hydrogen-bond donors (Lipinski definition) is 1. The number of aryl methyl sites for hydroxylation is 1. The molecule has 0 spiro atoms. The maximum absolute atomic E-state index is 12.1. The Morgan fingerprint density at radius 2 is 2.18 bits per heavy atom. The summed E-state index contributed by atoms with van der Waals surface area (Å²) >= 11 is 0. The fraction of sp³-hybridized carbons (Fsp3) is 0.333. The highest BCUT2D eigenvalue weighted by Gasteiger charge is 2.32. The predicted molar refractivity (Wildman–Crippen MR) is 80.5 cm³/mol.